The molecule has 0 unspecified atom stereocenters. The van der Waals surface area contributed by atoms with Crippen molar-refractivity contribution in [2.24, 2.45) is 5.73 Å². The number of benzene rings is 2. The maximum absolute atomic E-state index is 8.12. The van der Waals surface area contributed by atoms with Crippen molar-refractivity contribution in [3.63, 3.8) is 0 Å². The molecule has 0 fully saturated rings. The number of nitrogens with one attached hydrogen (secondary N) is 2. The first-order chi connectivity index (χ1) is 10.5. The number of anilines is 1. The topological polar surface area (TPSA) is 99.7 Å². The van der Waals surface area contributed by atoms with Gasteiger partial charge in [0.25, 0.3) is 0 Å². The quantitative estimate of drug-likeness (QED) is 0.396. The van der Waals surface area contributed by atoms with Gasteiger partial charge in [-0.05, 0) is 23.3 Å². The number of nitrogens with two attached hydrogens (primary N) is 2. The normalized spacial score (nSPS) is 10.2. The largest absolute Gasteiger partial charge is 0.399 e. The average Bonchev–Trinajstić information content (AvgIpc) is 2.54. The smallest absolute Gasteiger partial charge is 0.100 e. The van der Waals surface area contributed by atoms with Crippen molar-refractivity contribution in [1.29, 1.82) is 10.8 Å². The fraction of sp³-hybridized carbons (Fsp3) is 0.0588. The number of hydrogen-bond acceptors (Lipinski definition) is 5. The zero-order valence-electron chi connectivity index (χ0n) is 12.1. The summed E-state index contributed by atoms with van der Waals surface area (Å²) < 4.78 is 0. The van der Waals surface area contributed by atoms with Crippen molar-refractivity contribution < 1.29 is 0 Å². The molecule has 0 atom stereocenters. The van der Waals surface area contributed by atoms with Crippen LogP contribution in [0.3, 0.4) is 0 Å². The second-order valence-electron chi connectivity index (χ2n) is 4.77. The lowest BCUT2D eigenvalue weighted by atomic mass is 10.1. The Morgan fingerprint density at radius 2 is 1.27 bits per heavy atom. The van der Waals surface area contributed by atoms with Gasteiger partial charge in [0.15, 0.2) is 0 Å². The summed E-state index contributed by atoms with van der Waals surface area (Å²) in [6.45, 7) is 4.29. The lowest BCUT2D eigenvalue weighted by Crippen LogP contribution is -2.03. The number of nitrogen functional groups attached to an aromatic ring is 1. The van der Waals surface area contributed by atoms with Crippen molar-refractivity contribution in [2.45, 2.75) is 0 Å². The predicted molar refractivity (Wildman–Crippen MR) is 96.6 cm³/mol. The van der Waals surface area contributed by atoms with E-state index in [1.54, 1.807) is 24.3 Å². The molecule has 22 heavy (non-hydrogen) atoms. The molecule has 2 aromatic carbocycles. The van der Waals surface area contributed by atoms with E-state index >= 15 is 0 Å². The molecule has 2 aromatic rings. The van der Waals surface area contributed by atoms with Gasteiger partial charge >= 0.3 is 0 Å². The molecule has 4 nitrogen and oxygen atoms in total. The standard InChI is InChI=1S/C17H18N4S/c1-11(10-18)12-2-4-13(5-3-12)16(20)22-17(21)14-6-8-15(19)9-7-14/h2-9,20-21H,1,10,18-19H2. The fourth-order valence-electron chi connectivity index (χ4n) is 1.83. The first kappa shape index (κ1) is 16.0. The molecule has 0 heterocycles. The maximum Gasteiger partial charge on any atom is 0.100 e. The van der Waals surface area contributed by atoms with Gasteiger partial charge in [-0.1, -0.05) is 54.7 Å². The summed E-state index contributed by atoms with van der Waals surface area (Å²) in [7, 11) is 0. The molecule has 0 saturated heterocycles. The SMILES string of the molecule is C=C(CN)c1ccc(C(=N)SC(=N)c2ccc(N)cc2)cc1. The van der Waals surface area contributed by atoms with Gasteiger partial charge in [-0.3, -0.25) is 10.8 Å². The van der Waals surface area contributed by atoms with Gasteiger partial charge in [0.2, 0.25) is 0 Å². The van der Waals surface area contributed by atoms with E-state index in [4.69, 9.17) is 22.3 Å². The molecule has 0 aliphatic heterocycles. The van der Waals surface area contributed by atoms with Gasteiger partial charge in [-0.15, -0.1) is 0 Å². The minimum Gasteiger partial charge on any atom is -0.399 e. The molecule has 112 valence electrons. The van der Waals surface area contributed by atoms with E-state index in [0.29, 0.717) is 22.3 Å². The van der Waals surface area contributed by atoms with Crippen molar-refractivity contribution >= 4 is 33.1 Å². The maximum atomic E-state index is 8.12. The first-order valence-electron chi connectivity index (χ1n) is 6.71. The van der Waals surface area contributed by atoms with Crippen LogP contribution in [0.25, 0.3) is 5.57 Å². The van der Waals surface area contributed by atoms with Gasteiger partial charge in [-0.25, -0.2) is 0 Å². The third-order valence-electron chi connectivity index (χ3n) is 3.18. The Labute approximate surface area is 134 Å². The number of thioether (sulfide) groups is 1. The molecule has 0 aliphatic carbocycles. The molecule has 0 spiro atoms. The van der Waals surface area contributed by atoms with Gasteiger partial charge in [-0.2, -0.15) is 0 Å². The van der Waals surface area contributed by atoms with Crippen molar-refractivity contribution in [3.8, 4) is 0 Å². The van der Waals surface area contributed by atoms with Gasteiger partial charge in [0, 0.05) is 23.4 Å². The van der Waals surface area contributed by atoms with Crippen molar-refractivity contribution in [2.75, 3.05) is 12.3 Å². The minimum atomic E-state index is 0.320. The summed E-state index contributed by atoms with van der Waals surface area (Å²) in [5.41, 5.74) is 15.2. The predicted octanol–water partition coefficient (Wildman–Crippen LogP) is 3.32. The molecule has 0 aromatic heterocycles. The number of rotatable bonds is 4. The summed E-state index contributed by atoms with van der Waals surface area (Å²) in [6.07, 6.45) is 0. The summed E-state index contributed by atoms with van der Waals surface area (Å²) in [6, 6.07) is 14.6. The van der Waals surface area contributed by atoms with Crippen LogP contribution in [0.2, 0.25) is 0 Å². The highest BCUT2D eigenvalue weighted by atomic mass is 32.2. The Hall–Kier alpha value is -2.37. The van der Waals surface area contributed by atoms with Gasteiger partial charge in [0.05, 0.1) is 0 Å². The van der Waals surface area contributed by atoms with E-state index < -0.39 is 0 Å². The van der Waals surface area contributed by atoms with E-state index in [2.05, 4.69) is 6.58 Å². The number of hydrogen-bond donors (Lipinski definition) is 4. The highest BCUT2D eigenvalue weighted by Gasteiger charge is 2.09. The zero-order chi connectivity index (χ0) is 16.1. The van der Waals surface area contributed by atoms with E-state index in [0.717, 1.165) is 34.0 Å². The van der Waals surface area contributed by atoms with Crippen LogP contribution in [0.5, 0.6) is 0 Å². The van der Waals surface area contributed by atoms with Crippen LogP contribution < -0.4 is 11.5 Å². The van der Waals surface area contributed by atoms with Gasteiger partial charge in [0.1, 0.15) is 10.1 Å². The first-order valence-corrected chi connectivity index (χ1v) is 7.52. The summed E-state index contributed by atoms with van der Waals surface area (Å²) in [5.74, 6) is 0. The second kappa shape index (κ2) is 7.06. The highest BCUT2D eigenvalue weighted by molar-refractivity contribution is 8.27. The van der Waals surface area contributed by atoms with Crippen LogP contribution in [0.4, 0.5) is 5.69 Å². The molecule has 6 N–H and O–H groups in total. The Balaban J connectivity index is 2.07. The van der Waals surface area contributed by atoms with E-state index in [1.807, 2.05) is 24.3 Å². The van der Waals surface area contributed by atoms with Crippen LogP contribution in [-0.4, -0.2) is 16.6 Å². The Kier molecular flexibility index (Phi) is 5.14. The lowest BCUT2D eigenvalue weighted by molar-refractivity contribution is 1.27. The van der Waals surface area contributed by atoms with Crippen LogP contribution in [0.15, 0.2) is 55.1 Å². The molecular weight excluding hydrogens is 292 g/mol. The summed E-state index contributed by atoms with van der Waals surface area (Å²) in [5, 5.41) is 16.8. The fourth-order valence-corrected chi connectivity index (χ4v) is 2.54. The van der Waals surface area contributed by atoms with Crippen molar-refractivity contribution in [3.05, 3.63) is 71.8 Å². The van der Waals surface area contributed by atoms with E-state index in [1.165, 1.54) is 0 Å². The molecule has 0 bridgehead atoms. The third-order valence-corrected chi connectivity index (χ3v) is 4.06. The molecule has 5 heteroatoms. The molecule has 0 aliphatic rings. The second-order valence-corrected chi connectivity index (χ2v) is 5.79. The third kappa shape index (κ3) is 3.84. The molecule has 0 amide bonds. The van der Waals surface area contributed by atoms with E-state index in [-0.39, 0.29) is 0 Å². The summed E-state index contributed by atoms with van der Waals surface area (Å²) in [4.78, 5) is 0. The molecule has 0 saturated carbocycles. The van der Waals surface area contributed by atoms with Crippen molar-refractivity contribution in [1.82, 2.24) is 0 Å². The van der Waals surface area contributed by atoms with Crippen LogP contribution >= 0.6 is 11.8 Å². The Morgan fingerprint density at radius 3 is 1.73 bits per heavy atom. The molecule has 2 rings (SSSR count). The minimum absolute atomic E-state index is 0.320. The average molecular weight is 310 g/mol. The van der Waals surface area contributed by atoms with E-state index in [9.17, 15) is 0 Å². The summed E-state index contributed by atoms with van der Waals surface area (Å²) >= 11 is 1.11. The highest BCUT2D eigenvalue weighted by Crippen LogP contribution is 2.20. The van der Waals surface area contributed by atoms with Crippen LogP contribution in [-0.2, 0) is 0 Å². The monoisotopic (exact) mass is 310 g/mol. The Morgan fingerprint density at radius 1 is 0.864 bits per heavy atom. The zero-order valence-corrected chi connectivity index (χ0v) is 12.9. The molecular formula is C17H18N4S. The van der Waals surface area contributed by atoms with Crippen LogP contribution in [0, 0.1) is 10.8 Å². The molecule has 0 radical (unpaired) electrons. The Bertz CT molecular complexity index is 702. The van der Waals surface area contributed by atoms with Crippen LogP contribution in [0.1, 0.15) is 16.7 Å². The lowest BCUT2D eigenvalue weighted by Gasteiger charge is -2.08. The van der Waals surface area contributed by atoms with Gasteiger partial charge < -0.3 is 11.5 Å².